The highest BCUT2D eigenvalue weighted by atomic mass is 32.2. The van der Waals surface area contributed by atoms with Crippen molar-refractivity contribution in [2.24, 2.45) is 0 Å². The third-order valence-electron chi connectivity index (χ3n) is 5.49. The van der Waals surface area contributed by atoms with Crippen LogP contribution in [-0.4, -0.2) is 38.1 Å². The third-order valence-corrected chi connectivity index (χ3v) is 6.67. The molecule has 0 saturated heterocycles. The molecule has 168 valence electrons. The van der Waals surface area contributed by atoms with Gasteiger partial charge in [-0.05, 0) is 42.3 Å². The highest BCUT2D eigenvalue weighted by Crippen LogP contribution is 2.43. The van der Waals surface area contributed by atoms with Gasteiger partial charge in [0, 0.05) is 21.5 Å². The summed E-state index contributed by atoms with van der Waals surface area (Å²) in [6.45, 7) is 1.84. The molecule has 0 aliphatic heterocycles. The predicted molar refractivity (Wildman–Crippen MR) is 124 cm³/mol. The zero-order valence-electron chi connectivity index (χ0n) is 17.5. The molecule has 0 heterocycles. The highest BCUT2D eigenvalue weighted by molar-refractivity contribution is 8.00. The van der Waals surface area contributed by atoms with E-state index in [4.69, 9.17) is 11.5 Å². The maximum absolute atomic E-state index is 13.2. The Kier molecular flexibility index (Phi) is 5.51. The van der Waals surface area contributed by atoms with Crippen LogP contribution in [0.2, 0.25) is 0 Å². The summed E-state index contributed by atoms with van der Waals surface area (Å²) < 4.78 is 0. The molecule has 33 heavy (non-hydrogen) atoms. The fourth-order valence-electron chi connectivity index (χ4n) is 4.02. The maximum Gasteiger partial charge on any atom is 0.336 e. The van der Waals surface area contributed by atoms with Gasteiger partial charge in [0.25, 0.3) is 0 Å². The fraction of sp³-hybridized carbons (Fsp3) is 0.125. The van der Waals surface area contributed by atoms with E-state index in [9.17, 15) is 29.7 Å². The highest BCUT2D eigenvalue weighted by Gasteiger charge is 2.38. The minimum atomic E-state index is -1.05. The molecule has 0 amide bonds. The number of nitrogens with two attached hydrogens (primary N) is 2. The summed E-state index contributed by atoms with van der Waals surface area (Å²) in [7, 11) is 0. The van der Waals surface area contributed by atoms with Crippen LogP contribution >= 0.6 is 11.8 Å². The lowest BCUT2D eigenvalue weighted by atomic mass is 9.80. The molecule has 9 heteroatoms. The molecule has 1 unspecified atom stereocenters. The minimum Gasteiger partial charge on any atom is -0.507 e. The molecule has 8 nitrogen and oxygen atoms in total. The molecule has 4 rings (SSSR count). The first kappa shape index (κ1) is 22.2. The van der Waals surface area contributed by atoms with Crippen LogP contribution in [0.4, 0.5) is 11.4 Å². The molecular weight excluding hydrogens is 444 g/mol. The van der Waals surface area contributed by atoms with Gasteiger partial charge in [0.05, 0.1) is 27.8 Å². The van der Waals surface area contributed by atoms with E-state index in [2.05, 4.69) is 0 Å². The lowest BCUT2D eigenvalue weighted by Crippen LogP contribution is -2.24. The Labute approximate surface area is 192 Å². The molecule has 0 saturated carbocycles. The van der Waals surface area contributed by atoms with Gasteiger partial charge in [0.2, 0.25) is 11.6 Å². The van der Waals surface area contributed by atoms with Crippen molar-refractivity contribution < 1.29 is 29.7 Å². The summed E-state index contributed by atoms with van der Waals surface area (Å²) in [5, 5.41) is 30.3. The number of ketones is 2. The Morgan fingerprint density at radius 1 is 0.939 bits per heavy atom. The number of carboxylic acid groups (broad SMARTS) is 1. The number of anilines is 2. The van der Waals surface area contributed by atoms with Crippen LogP contribution in [0.5, 0.6) is 11.5 Å². The maximum atomic E-state index is 13.2. The molecule has 1 aliphatic carbocycles. The van der Waals surface area contributed by atoms with Crippen LogP contribution in [0.25, 0.3) is 0 Å². The number of benzene rings is 3. The lowest BCUT2D eigenvalue weighted by molar-refractivity contribution is 0.0692. The van der Waals surface area contributed by atoms with Crippen LogP contribution in [0.3, 0.4) is 0 Å². The summed E-state index contributed by atoms with van der Waals surface area (Å²) in [5.41, 5.74) is 11.7. The van der Waals surface area contributed by atoms with Crippen molar-refractivity contribution in [1.29, 1.82) is 0 Å². The molecule has 0 spiro atoms. The van der Waals surface area contributed by atoms with Gasteiger partial charge in [-0.25, -0.2) is 4.79 Å². The number of nitrogen functional groups attached to an aromatic ring is 2. The SMILES string of the molecule is CC(Cc1cc(N)c2c(c1O)C(=O)c1c(N)ccc(O)c1C2=O)Sc1ccccc1C(=O)O. The monoisotopic (exact) mass is 464 g/mol. The van der Waals surface area contributed by atoms with Crippen molar-refractivity contribution in [3.63, 3.8) is 0 Å². The second kappa shape index (κ2) is 8.18. The smallest absolute Gasteiger partial charge is 0.336 e. The van der Waals surface area contributed by atoms with Crippen LogP contribution in [-0.2, 0) is 6.42 Å². The van der Waals surface area contributed by atoms with Gasteiger partial charge in [0.15, 0.2) is 0 Å². The van der Waals surface area contributed by atoms with Crippen molar-refractivity contribution >= 4 is 40.7 Å². The van der Waals surface area contributed by atoms with Gasteiger partial charge < -0.3 is 26.8 Å². The molecular formula is C24H20N2O6S. The Balaban J connectivity index is 1.73. The first-order chi connectivity index (χ1) is 15.6. The van der Waals surface area contributed by atoms with E-state index >= 15 is 0 Å². The lowest BCUT2D eigenvalue weighted by Gasteiger charge is -2.24. The molecule has 3 aromatic carbocycles. The van der Waals surface area contributed by atoms with E-state index in [1.54, 1.807) is 18.2 Å². The topological polar surface area (TPSA) is 164 Å². The average Bonchev–Trinajstić information content (AvgIpc) is 2.76. The van der Waals surface area contributed by atoms with Crippen LogP contribution in [0.1, 0.15) is 54.7 Å². The molecule has 7 N–H and O–H groups in total. The van der Waals surface area contributed by atoms with Crippen LogP contribution in [0, 0.1) is 0 Å². The van der Waals surface area contributed by atoms with Crippen molar-refractivity contribution in [1.82, 2.24) is 0 Å². The number of rotatable bonds is 5. The Morgan fingerprint density at radius 3 is 2.27 bits per heavy atom. The predicted octanol–water partition coefficient (Wildman–Crippen LogP) is 3.46. The van der Waals surface area contributed by atoms with E-state index in [1.807, 2.05) is 6.92 Å². The zero-order chi connectivity index (χ0) is 24.0. The number of carbonyl (C=O) groups is 3. The average molecular weight is 464 g/mol. The second-order valence-corrected chi connectivity index (χ2v) is 9.22. The van der Waals surface area contributed by atoms with Crippen LogP contribution in [0.15, 0.2) is 47.4 Å². The third kappa shape index (κ3) is 3.66. The summed E-state index contributed by atoms with van der Waals surface area (Å²) >= 11 is 1.30. The van der Waals surface area contributed by atoms with Gasteiger partial charge in [-0.3, -0.25) is 9.59 Å². The molecule has 0 radical (unpaired) electrons. The molecule has 1 aliphatic rings. The number of aromatic carboxylic acids is 1. The summed E-state index contributed by atoms with van der Waals surface area (Å²) in [5.74, 6) is -3.22. The zero-order valence-corrected chi connectivity index (χ0v) is 18.3. The number of fused-ring (bicyclic) bond motifs is 2. The minimum absolute atomic E-state index is 0.00405. The summed E-state index contributed by atoms with van der Waals surface area (Å²) in [6.07, 6.45) is 0.242. The molecule has 0 aromatic heterocycles. The Bertz CT molecular complexity index is 1350. The fourth-order valence-corrected chi connectivity index (χ4v) is 5.16. The first-order valence-corrected chi connectivity index (χ1v) is 10.8. The molecule has 0 fully saturated rings. The number of phenolic OH excluding ortho intramolecular Hbond substituents is 2. The number of aromatic hydroxyl groups is 2. The van der Waals surface area contributed by atoms with Gasteiger partial charge in [-0.15, -0.1) is 11.8 Å². The van der Waals surface area contributed by atoms with Crippen molar-refractivity contribution in [2.75, 3.05) is 11.5 Å². The number of carbonyl (C=O) groups excluding carboxylic acids is 2. The standard InChI is InChI=1S/C24H20N2O6S/c1-10(33-16-5-3-2-4-12(16)24(31)32)8-11-9-14(26)18-20(21(11)28)23(30)17-13(25)6-7-15(27)19(17)22(18)29/h2-7,9-10,27-28H,8,25-26H2,1H3,(H,31,32). The van der Waals surface area contributed by atoms with Crippen molar-refractivity contribution in [3.8, 4) is 11.5 Å². The quantitative estimate of drug-likeness (QED) is 0.169. The largest absolute Gasteiger partial charge is 0.507 e. The molecule has 0 bridgehead atoms. The van der Waals surface area contributed by atoms with E-state index < -0.39 is 23.3 Å². The van der Waals surface area contributed by atoms with Crippen molar-refractivity contribution in [2.45, 2.75) is 23.5 Å². The van der Waals surface area contributed by atoms with Gasteiger partial charge in [-0.2, -0.15) is 0 Å². The van der Waals surface area contributed by atoms with E-state index in [-0.39, 0.29) is 56.6 Å². The number of phenols is 2. The Hall–Kier alpha value is -3.98. The van der Waals surface area contributed by atoms with Gasteiger partial charge in [0.1, 0.15) is 11.5 Å². The van der Waals surface area contributed by atoms with Crippen LogP contribution < -0.4 is 11.5 Å². The second-order valence-electron chi connectivity index (χ2n) is 7.74. The van der Waals surface area contributed by atoms with E-state index in [1.165, 1.54) is 36.0 Å². The van der Waals surface area contributed by atoms with E-state index in [0.717, 1.165) is 0 Å². The number of carboxylic acids is 1. The molecule has 1 atom stereocenters. The number of hydrogen-bond donors (Lipinski definition) is 5. The van der Waals surface area contributed by atoms with Crippen molar-refractivity contribution in [3.05, 3.63) is 75.8 Å². The Morgan fingerprint density at radius 2 is 1.58 bits per heavy atom. The summed E-state index contributed by atoms with van der Waals surface area (Å²) in [6, 6.07) is 10.5. The van der Waals surface area contributed by atoms with E-state index in [0.29, 0.717) is 10.5 Å². The van der Waals surface area contributed by atoms with Gasteiger partial charge >= 0.3 is 5.97 Å². The normalized spacial score (nSPS) is 13.4. The molecule has 3 aromatic rings. The number of thioether (sulfide) groups is 1. The van der Waals surface area contributed by atoms with Gasteiger partial charge in [-0.1, -0.05) is 19.1 Å². The number of hydrogen-bond acceptors (Lipinski definition) is 8. The summed E-state index contributed by atoms with van der Waals surface area (Å²) in [4.78, 5) is 38.3. The first-order valence-electron chi connectivity index (χ1n) is 9.95.